The minimum absolute atomic E-state index is 0.209. The first-order chi connectivity index (χ1) is 7.99. The van der Waals surface area contributed by atoms with Gasteiger partial charge in [-0.2, -0.15) is 0 Å². The molecule has 1 aromatic rings. The first-order valence-corrected chi connectivity index (χ1v) is 5.55. The van der Waals surface area contributed by atoms with Crippen LogP contribution in [0.4, 0.5) is 14.9 Å². The number of amides is 2. The van der Waals surface area contributed by atoms with Crippen molar-refractivity contribution in [2.75, 3.05) is 11.9 Å². The van der Waals surface area contributed by atoms with E-state index in [1.54, 1.807) is 6.92 Å². The van der Waals surface area contributed by atoms with Crippen LogP contribution >= 0.6 is 11.6 Å². The van der Waals surface area contributed by atoms with E-state index in [4.69, 9.17) is 16.7 Å². The average Bonchev–Trinajstić information content (AvgIpc) is 2.23. The molecule has 0 heterocycles. The van der Waals surface area contributed by atoms with E-state index >= 15 is 0 Å². The second kappa shape index (κ2) is 6.42. The number of carbonyl (C=O) groups is 1. The van der Waals surface area contributed by atoms with Crippen LogP contribution in [-0.2, 0) is 0 Å². The average molecular weight is 261 g/mol. The molecule has 1 rings (SSSR count). The zero-order chi connectivity index (χ0) is 12.8. The van der Waals surface area contributed by atoms with Crippen LogP contribution in [0.2, 0.25) is 5.02 Å². The van der Waals surface area contributed by atoms with Crippen molar-refractivity contribution in [3.8, 4) is 0 Å². The third kappa shape index (κ3) is 5.01. The molecule has 4 nitrogen and oxygen atoms in total. The van der Waals surface area contributed by atoms with Gasteiger partial charge in [-0.25, -0.2) is 9.18 Å². The Morgan fingerprint density at radius 2 is 2.29 bits per heavy atom. The summed E-state index contributed by atoms with van der Waals surface area (Å²) in [5, 5.41) is 14.2. The zero-order valence-electron chi connectivity index (χ0n) is 9.34. The van der Waals surface area contributed by atoms with Crippen molar-refractivity contribution in [1.82, 2.24) is 5.32 Å². The molecule has 0 saturated heterocycles. The second-order valence-electron chi connectivity index (χ2n) is 3.64. The molecule has 94 valence electrons. The second-order valence-corrected chi connectivity index (χ2v) is 4.05. The maximum atomic E-state index is 12.9. The molecule has 3 N–H and O–H groups in total. The van der Waals surface area contributed by atoms with Crippen LogP contribution in [-0.4, -0.2) is 23.8 Å². The zero-order valence-corrected chi connectivity index (χ0v) is 10.1. The minimum atomic E-state index is -0.488. The molecule has 0 aliphatic carbocycles. The molecule has 0 aliphatic rings. The minimum Gasteiger partial charge on any atom is -0.393 e. The van der Waals surface area contributed by atoms with Crippen LogP contribution in [0.15, 0.2) is 18.2 Å². The van der Waals surface area contributed by atoms with E-state index in [1.165, 1.54) is 12.1 Å². The fraction of sp³-hybridized carbons (Fsp3) is 0.364. The number of hydrogen-bond donors (Lipinski definition) is 3. The summed E-state index contributed by atoms with van der Waals surface area (Å²) in [5.41, 5.74) is 0.209. The lowest BCUT2D eigenvalue weighted by Gasteiger charge is -2.09. The standard InChI is InChI=1S/C11H14ClFN2O2/c1-7(16)4-5-14-11(17)15-10-6-8(13)2-3-9(10)12/h2-3,6-7,16H,4-5H2,1H3,(H2,14,15,17). The van der Waals surface area contributed by atoms with Crippen molar-refractivity contribution < 1.29 is 14.3 Å². The van der Waals surface area contributed by atoms with E-state index in [0.29, 0.717) is 13.0 Å². The number of carbonyl (C=O) groups excluding carboxylic acids is 1. The van der Waals surface area contributed by atoms with Gasteiger partial charge in [0.05, 0.1) is 16.8 Å². The number of halogens is 2. The summed E-state index contributed by atoms with van der Waals surface area (Å²) in [7, 11) is 0. The summed E-state index contributed by atoms with van der Waals surface area (Å²) < 4.78 is 12.9. The molecule has 0 aromatic heterocycles. The first kappa shape index (κ1) is 13.7. The van der Waals surface area contributed by atoms with Crippen LogP contribution in [0.1, 0.15) is 13.3 Å². The van der Waals surface area contributed by atoms with Gasteiger partial charge in [-0.1, -0.05) is 11.6 Å². The van der Waals surface area contributed by atoms with Crippen molar-refractivity contribution in [3.05, 3.63) is 29.0 Å². The molecular weight excluding hydrogens is 247 g/mol. The lowest BCUT2D eigenvalue weighted by atomic mass is 10.3. The molecule has 0 radical (unpaired) electrons. The van der Waals surface area contributed by atoms with Gasteiger partial charge in [-0.05, 0) is 31.5 Å². The third-order valence-corrected chi connectivity index (χ3v) is 2.35. The summed E-state index contributed by atoms with van der Waals surface area (Å²) in [6.45, 7) is 1.96. The van der Waals surface area contributed by atoms with Gasteiger partial charge in [-0.3, -0.25) is 0 Å². The van der Waals surface area contributed by atoms with Crippen molar-refractivity contribution in [2.45, 2.75) is 19.4 Å². The summed E-state index contributed by atoms with van der Waals surface area (Å²) >= 11 is 5.78. The Balaban J connectivity index is 2.47. The highest BCUT2D eigenvalue weighted by molar-refractivity contribution is 6.33. The number of aliphatic hydroxyl groups excluding tert-OH is 1. The summed E-state index contributed by atoms with van der Waals surface area (Å²) in [4.78, 5) is 11.4. The Hall–Kier alpha value is -1.33. The topological polar surface area (TPSA) is 61.4 Å². The fourth-order valence-electron chi connectivity index (χ4n) is 1.15. The number of rotatable bonds is 4. The largest absolute Gasteiger partial charge is 0.393 e. The molecule has 0 spiro atoms. The number of urea groups is 1. The SMILES string of the molecule is CC(O)CCNC(=O)Nc1cc(F)ccc1Cl. The van der Waals surface area contributed by atoms with Gasteiger partial charge in [-0.15, -0.1) is 0 Å². The molecule has 0 fully saturated rings. The molecule has 17 heavy (non-hydrogen) atoms. The Kier molecular flexibility index (Phi) is 5.18. The van der Waals surface area contributed by atoms with E-state index in [-0.39, 0.29) is 10.7 Å². The maximum absolute atomic E-state index is 12.9. The highest BCUT2D eigenvalue weighted by atomic mass is 35.5. The highest BCUT2D eigenvalue weighted by Gasteiger charge is 2.06. The van der Waals surface area contributed by atoms with E-state index in [0.717, 1.165) is 6.07 Å². The Morgan fingerprint density at radius 1 is 1.59 bits per heavy atom. The summed E-state index contributed by atoms with van der Waals surface area (Å²) in [6.07, 6.45) is -0.0299. The lowest BCUT2D eigenvalue weighted by Crippen LogP contribution is -2.31. The van der Waals surface area contributed by atoms with Crippen molar-refractivity contribution in [2.24, 2.45) is 0 Å². The number of nitrogens with one attached hydrogen (secondary N) is 2. The van der Waals surface area contributed by atoms with E-state index in [2.05, 4.69) is 10.6 Å². The summed E-state index contributed by atoms with van der Waals surface area (Å²) in [5.74, 6) is -0.478. The van der Waals surface area contributed by atoms with Gasteiger partial charge in [0.2, 0.25) is 0 Å². The Morgan fingerprint density at radius 3 is 2.94 bits per heavy atom. The van der Waals surface area contributed by atoms with Crippen LogP contribution < -0.4 is 10.6 Å². The first-order valence-electron chi connectivity index (χ1n) is 5.17. The molecule has 0 saturated carbocycles. The number of anilines is 1. The number of benzene rings is 1. The van der Waals surface area contributed by atoms with Crippen molar-refractivity contribution >= 4 is 23.3 Å². The third-order valence-electron chi connectivity index (χ3n) is 2.02. The lowest BCUT2D eigenvalue weighted by molar-refractivity contribution is 0.184. The molecule has 1 unspecified atom stereocenters. The van der Waals surface area contributed by atoms with Gasteiger partial charge >= 0.3 is 6.03 Å². The van der Waals surface area contributed by atoms with Crippen LogP contribution in [0, 0.1) is 5.82 Å². The maximum Gasteiger partial charge on any atom is 0.319 e. The summed E-state index contributed by atoms with van der Waals surface area (Å²) in [6, 6.07) is 3.22. The highest BCUT2D eigenvalue weighted by Crippen LogP contribution is 2.22. The Labute approximate surface area is 104 Å². The predicted octanol–water partition coefficient (Wildman–Crippen LogP) is 2.37. The molecule has 0 bridgehead atoms. The van der Waals surface area contributed by atoms with Gasteiger partial charge in [0.1, 0.15) is 5.82 Å². The van der Waals surface area contributed by atoms with Gasteiger partial charge in [0.25, 0.3) is 0 Å². The normalized spacial score (nSPS) is 12.0. The number of aliphatic hydroxyl groups is 1. The molecule has 6 heteroatoms. The quantitative estimate of drug-likeness (QED) is 0.778. The predicted molar refractivity (Wildman–Crippen MR) is 64.7 cm³/mol. The van der Waals surface area contributed by atoms with Crippen LogP contribution in [0.5, 0.6) is 0 Å². The molecule has 1 atom stereocenters. The monoisotopic (exact) mass is 260 g/mol. The van der Waals surface area contributed by atoms with Crippen LogP contribution in [0.25, 0.3) is 0 Å². The van der Waals surface area contributed by atoms with Gasteiger partial charge in [0.15, 0.2) is 0 Å². The smallest absolute Gasteiger partial charge is 0.319 e. The van der Waals surface area contributed by atoms with Gasteiger partial charge < -0.3 is 15.7 Å². The molecule has 0 aliphatic heterocycles. The van der Waals surface area contributed by atoms with Crippen molar-refractivity contribution in [3.63, 3.8) is 0 Å². The Bertz CT molecular complexity index is 399. The fourth-order valence-corrected chi connectivity index (χ4v) is 1.32. The number of hydrogen-bond acceptors (Lipinski definition) is 2. The molecule has 1 aromatic carbocycles. The van der Waals surface area contributed by atoms with Crippen molar-refractivity contribution in [1.29, 1.82) is 0 Å². The van der Waals surface area contributed by atoms with E-state index < -0.39 is 18.0 Å². The molecule has 2 amide bonds. The van der Waals surface area contributed by atoms with E-state index in [1.807, 2.05) is 0 Å². The van der Waals surface area contributed by atoms with Gasteiger partial charge in [0, 0.05) is 6.54 Å². The molecular formula is C11H14ClFN2O2. The van der Waals surface area contributed by atoms with Crippen LogP contribution in [0.3, 0.4) is 0 Å². The van der Waals surface area contributed by atoms with E-state index in [9.17, 15) is 9.18 Å².